The molecule has 0 spiro atoms. The van der Waals surface area contributed by atoms with E-state index in [9.17, 15) is 53.7 Å². The predicted molar refractivity (Wildman–Crippen MR) is 299 cm³/mol. The second kappa shape index (κ2) is 29.4. The highest BCUT2D eigenvalue weighted by Crippen LogP contribution is 2.40. The Morgan fingerprint density at radius 3 is 2.28 bits per heavy atom. The molecular formula is C53H79IN12O13. The lowest BCUT2D eigenvalue weighted by atomic mass is 9.88. The molecular weight excluding hydrogens is 1140 g/mol. The van der Waals surface area contributed by atoms with Crippen LogP contribution in [0.3, 0.4) is 0 Å². The number of likely N-dealkylation sites (tertiary alicyclic amines) is 1. The van der Waals surface area contributed by atoms with Crippen molar-refractivity contribution in [3.63, 3.8) is 0 Å². The molecule has 0 saturated carbocycles. The number of nitrogens with one attached hydrogen (secondary N) is 6. The third-order valence-corrected chi connectivity index (χ3v) is 15.5. The Balaban J connectivity index is 1.02. The molecule has 8 amide bonds. The number of anilines is 2. The van der Waals surface area contributed by atoms with Gasteiger partial charge in [-0.15, -0.1) is 0 Å². The van der Waals surface area contributed by atoms with Gasteiger partial charge in [0.05, 0.1) is 25.1 Å². The van der Waals surface area contributed by atoms with Crippen molar-refractivity contribution in [2.45, 2.75) is 165 Å². The quantitative estimate of drug-likeness (QED) is 0.0218. The summed E-state index contributed by atoms with van der Waals surface area (Å²) >= 11 is 2.25. The lowest BCUT2D eigenvalue weighted by molar-refractivity contribution is -0.185. The number of nitrogens with zero attached hydrogens (tertiary/aromatic N) is 6. The van der Waals surface area contributed by atoms with Crippen LogP contribution in [0.25, 0.3) is 11.2 Å². The van der Waals surface area contributed by atoms with E-state index in [1.165, 1.54) is 27.3 Å². The second-order valence-corrected chi connectivity index (χ2v) is 23.5. The maximum absolute atomic E-state index is 13.3. The Labute approximate surface area is 474 Å². The fourth-order valence-corrected chi connectivity index (χ4v) is 10.0. The number of aliphatic hydroxyl groups is 3. The summed E-state index contributed by atoms with van der Waals surface area (Å²) in [6, 6.07) is 2.99. The number of aliphatic hydroxyl groups excluding tert-OH is 3. The highest BCUT2D eigenvalue weighted by Gasteiger charge is 2.48. The third kappa shape index (κ3) is 17.4. The zero-order chi connectivity index (χ0) is 58.3. The number of hydrogen-bond acceptors (Lipinski definition) is 17. The van der Waals surface area contributed by atoms with Gasteiger partial charge in [-0.1, -0.05) is 101 Å². The highest BCUT2D eigenvalue weighted by atomic mass is 127. The fraction of sp³-hybridized carbons (Fsp3) is 0.642. The Kier molecular flexibility index (Phi) is 23.7. The second-order valence-electron chi connectivity index (χ2n) is 21.1. The van der Waals surface area contributed by atoms with E-state index in [1.54, 1.807) is 38.1 Å². The van der Waals surface area contributed by atoms with Gasteiger partial charge in [0.1, 0.15) is 61.2 Å². The number of aromatic amines is 1. The van der Waals surface area contributed by atoms with E-state index in [0.29, 0.717) is 22.4 Å². The number of hydrogen-bond donors (Lipinski definition) is 9. The molecule has 25 nitrogen and oxygen atoms in total. The Hall–Kier alpha value is -6.10. The molecule has 436 valence electrons. The van der Waals surface area contributed by atoms with Gasteiger partial charge in [0.15, 0.2) is 17.7 Å². The van der Waals surface area contributed by atoms with E-state index in [4.69, 9.17) is 9.47 Å². The minimum absolute atomic E-state index is 0.0937. The number of rotatable bonds is 28. The topological polar surface area (TPSA) is 340 Å². The first-order chi connectivity index (χ1) is 37.4. The van der Waals surface area contributed by atoms with Crippen LogP contribution >= 0.6 is 22.6 Å². The van der Waals surface area contributed by atoms with Gasteiger partial charge in [0.25, 0.3) is 0 Å². The molecule has 26 heteroatoms. The summed E-state index contributed by atoms with van der Waals surface area (Å²) in [6.45, 7) is 11.2. The van der Waals surface area contributed by atoms with Gasteiger partial charge in [-0.05, 0) is 50.3 Å². The van der Waals surface area contributed by atoms with Crippen molar-refractivity contribution in [1.82, 2.24) is 50.6 Å². The van der Waals surface area contributed by atoms with Crippen molar-refractivity contribution >= 4 is 92.7 Å². The van der Waals surface area contributed by atoms with Crippen LogP contribution in [0.4, 0.5) is 16.3 Å². The Bertz CT molecular complexity index is 2600. The number of H-pyrrole nitrogens is 1. The molecule has 10 atom stereocenters. The number of benzene rings is 1. The van der Waals surface area contributed by atoms with E-state index in [0.717, 1.165) is 65.5 Å². The van der Waals surface area contributed by atoms with E-state index >= 15 is 0 Å². The molecule has 0 radical (unpaired) electrons. The molecule has 79 heavy (non-hydrogen) atoms. The van der Waals surface area contributed by atoms with Gasteiger partial charge < -0.3 is 66.2 Å². The molecule has 3 aromatic rings. The number of likely N-dealkylation sites (N-methyl/N-ethyl adjacent to an activating group) is 2. The number of imidazole rings is 1. The van der Waals surface area contributed by atoms with Crippen LogP contribution in [0.5, 0.6) is 0 Å². The number of unbranched alkanes of at least 4 members (excludes halogenated alkanes) is 3. The first-order valence-corrected chi connectivity index (χ1v) is 28.0. The molecule has 2 fully saturated rings. The molecule has 0 aliphatic carbocycles. The summed E-state index contributed by atoms with van der Waals surface area (Å²) in [5.41, 5.74) is 1.76. The first-order valence-electron chi connectivity index (χ1n) is 26.9. The number of ether oxygens (including phenoxy) is 2. The molecule has 1 aromatic carbocycles. The summed E-state index contributed by atoms with van der Waals surface area (Å²) in [4.78, 5) is 124. The van der Waals surface area contributed by atoms with Crippen LogP contribution in [0.2, 0.25) is 0 Å². The van der Waals surface area contributed by atoms with Gasteiger partial charge in [-0.2, -0.15) is 0 Å². The number of imide groups is 1. The van der Waals surface area contributed by atoms with Crippen LogP contribution < -0.4 is 26.6 Å². The van der Waals surface area contributed by atoms with Crippen molar-refractivity contribution in [2.24, 2.45) is 11.8 Å². The maximum atomic E-state index is 13.3. The van der Waals surface area contributed by atoms with Gasteiger partial charge in [0.2, 0.25) is 41.4 Å². The summed E-state index contributed by atoms with van der Waals surface area (Å²) in [5, 5.41) is 46.0. The Morgan fingerprint density at radius 2 is 1.62 bits per heavy atom. The van der Waals surface area contributed by atoms with Crippen LogP contribution in [0.1, 0.15) is 124 Å². The van der Waals surface area contributed by atoms with Crippen LogP contribution in [0, 0.1) is 11.8 Å². The number of aromatic nitrogens is 4. The Morgan fingerprint density at radius 1 is 0.924 bits per heavy atom. The number of alkyl halides is 1. The van der Waals surface area contributed by atoms with E-state index in [1.807, 2.05) is 6.92 Å². The normalized spacial score (nSPS) is 21.2. The molecule has 5 rings (SSSR count). The summed E-state index contributed by atoms with van der Waals surface area (Å²) < 4.78 is 10.9. The molecule has 3 unspecified atom stereocenters. The first kappa shape index (κ1) is 63.7. The van der Waals surface area contributed by atoms with E-state index < -0.39 is 104 Å². The summed E-state index contributed by atoms with van der Waals surface area (Å²) in [7, 11) is 2.66. The number of halogens is 1. The van der Waals surface area contributed by atoms with Crippen LogP contribution in [0.15, 0.2) is 30.6 Å². The smallest absolute Gasteiger partial charge is 0.410 e. The number of amides is 8. The monoisotopic (exact) mass is 1220 g/mol. The number of carbonyl (C=O) groups excluding carboxylic acids is 8. The zero-order valence-corrected chi connectivity index (χ0v) is 48.7. The zero-order valence-electron chi connectivity index (χ0n) is 46.5. The minimum atomic E-state index is -1.63. The molecule has 2 aliphatic rings. The minimum Gasteiger partial charge on any atom is -0.445 e. The summed E-state index contributed by atoms with van der Waals surface area (Å²) in [6.07, 6.45) is 1.49. The van der Waals surface area contributed by atoms with Crippen LogP contribution in [-0.2, 0) is 49.6 Å². The van der Waals surface area contributed by atoms with Gasteiger partial charge >= 0.3 is 6.09 Å². The van der Waals surface area contributed by atoms with Crippen molar-refractivity contribution < 1.29 is 63.1 Å². The maximum Gasteiger partial charge on any atom is 0.410 e. The van der Waals surface area contributed by atoms with Crippen molar-refractivity contribution in [3.05, 3.63) is 42.0 Å². The SMILES string of the molecule is CCCCCC(C)c1nc2ncnc(N[C@H]3O[C@@H](CO)[C@H](NC(=O)CN(C)C(=O)CN(C)C(=O)OCc4ccc(NC(=O)[C@H](C)NC(=O)[C@@H](NC(=O)CCN5C(=O)CC(C(C)(I)CCCC)C5=O)C(C)C)cc4)[C@@H](O)[C@@H]3O)c2[nH]1. The average molecular weight is 1220 g/mol. The molecule has 2 saturated heterocycles. The fourth-order valence-electron chi connectivity index (χ4n) is 9.14. The van der Waals surface area contributed by atoms with E-state index in [2.05, 4.69) is 89.9 Å². The van der Waals surface area contributed by atoms with Gasteiger partial charge in [0, 0.05) is 48.5 Å². The van der Waals surface area contributed by atoms with Gasteiger partial charge in [-0.25, -0.2) is 19.7 Å². The highest BCUT2D eigenvalue weighted by molar-refractivity contribution is 14.1. The standard InChI is InChI=1S/C53H79IN12O13/c1-10-12-14-15-30(5)45-61-42-46(62-45)55-28-56-47(42)63-50-44(73)43(72)41(35(26-67)79-50)60-37(69)24-64(8)39(71)25-65(9)52(77)78-27-32-16-18-33(19-17-32)58-48(74)31(6)57-49(75)40(29(3)4)59-36(68)20-22-66-38(70)23-34(51(66)76)53(7,54)21-13-11-2/h16-19,28-31,34-35,40-41,43-44,50,67,72-73H,10-15,20-27H2,1-9H3,(H,57,75)(H,58,74)(H,59,68)(H,60,69)(H2,55,56,61,62,63)/t30?,31-,34?,35-,40-,41-,43+,44-,50-,53?/m0/s1. The summed E-state index contributed by atoms with van der Waals surface area (Å²) in [5.74, 6) is -3.42. The van der Waals surface area contributed by atoms with Gasteiger partial charge in [-0.3, -0.25) is 38.5 Å². The van der Waals surface area contributed by atoms with Crippen molar-refractivity contribution in [1.29, 1.82) is 0 Å². The largest absolute Gasteiger partial charge is 0.445 e. The van der Waals surface area contributed by atoms with Crippen molar-refractivity contribution in [3.8, 4) is 0 Å². The van der Waals surface area contributed by atoms with Crippen molar-refractivity contribution in [2.75, 3.05) is 51.0 Å². The molecule has 4 heterocycles. The molecule has 2 aliphatic heterocycles. The molecule has 9 N–H and O–H groups in total. The number of fused-ring (bicyclic) bond motifs is 1. The van der Waals surface area contributed by atoms with Crippen LogP contribution in [-0.4, -0.2) is 184 Å². The predicted octanol–water partition coefficient (Wildman–Crippen LogP) is 2.83. The third-order valence-electron chi connectivity index (χ3n) is 14.2. The average Bonchev–Trinajstić information content (AvgIpc) is 4.04. The lowest BCUT2D eigenvalue weighted by Crippen LogP contribution is -2.66. The molecule has 2 aromatic heterocycles. The molecule has 0 bridgehead atoms. The number of carbonyl (C=O) groups is 8. The lowest BCUT2D eigenvalue weighted by Gasteiger charge is -2.42. The van der Waals surface area contributed by atoms with E-state index in [-0.39, 0.29) is 58.9 Å².